The summed E-state index contributed by atoms with van der Waals surface area (Å²) in [5.74, 6) is 1.68. The van der Waals surface area contributed by atoms with Crippen molar-refractivity contribution in [2.45, 2.75) is 110 Å². The minimum absolute atomic E-state index is 0.337. The quantitative estimate of drug-likeness (QED) is 0.0869. The Hall–Kier alpha value is -2.53. The number of hydrogen-bond acceptors (Lipinski definition) is 5. The first-order chi connectivity index (χ1) is 18.6. The minimum Gasteiger partial charge on any atom is -0.494 e. The normalized spacial score (nSPS) is 11.8. The molecule has 0 aliphatic carbocycles. The van der Waals surface area contributed by atoms with E-state index < -0.39 is 0 Å². The largest absolute Gasteiger partial charge is 0.494 e. The standard InChI is InChI=1S/C33H50O5/c1-4-6-8-9-10-14-26-36-30-19-17-29(18-20-30)33(34)38-32-23-21-31(22-24-32)37-27-15-11-12-16-28(3)35-25-13-7-5-2/h17-24,28H,4-16,25-27H2,1-3H3. The van der Waals surface area contributed by atoms with E-state index in [2.05, 4.69) is 20.8 Å². The van der Waals surface area contributed by atoms with E-state index in [0.717, 1.165) is 56.6 Å². The first-order valence-corrected chi connectivity index (χ1v) is 14.9. The molecule has 0 aliphatic rings. The molecule has 5 heteroatoms. The summed E-state index contributed by atoms with van der Waals surface area (Å²) in [6, 6.07) is 14.4. The second-order valence-corrected chi connectivity index (χ2v) is 10.1. The third kappa shape index (κ3) is 14.4. The molecular weight excluding hydrogens is 476 g/mol. The lowest BCUT2D eigenvalue weighted by Crippen LogP contribution is -2.09. The first kappa shape index (κ1) is 31.7. The fourth-order valence-corrected chi connectivity index (χ4v) is 4.15. The van der Waals surface area contributed by atoms with Crippen molar-refractivity contribution in [2.75, 3.05) is 19.8 Å². The van der Waals surface area contributed by atoms with Gasteiger partial charge in [-0.2, -0.15) is 0 Å². The molecular formula is C33H50O5. The summed E-state index contributed by atoms with van der Waals surface area (Å²) in [6.07, 6.45) is 15.8. The highest BCUT2D eigenvalue weighted by molar-refractivity contribution is 5.91. The smallest absolute Gasteiger partial charge is 0.343 e. The number of unbranched alkanes of at least 4 members (excludes halogenated alkanes) is 9. The topological polar surface area (TPSA) is 54.0 Å². The molecule has 0 bridgehead atoms. The van der Waals surface area contributed by atoms with Gasteiger partial charge in [0.1, 0.15) is 17.2 Å². The van der Waals surface area contributed by atoms with Gasteiger partial charge in [0.25, 0.3) is 0 Å². The second kappa shape index (κ2) is 20.4. The van der Waals surface area contributed by atoms with Crippen molar-refractivity contribution in [2.24, 2.45) is 0 Å². The van der Waals surface area contributed by atoms with E-state index in [-0.39, 0.29) is 5.97 Å². The number of benzene rings is 2. The lowest BCUT2D eigenvalue weighted by atomic mass is 10.1. The van der Waals surface area contributed by atoms with Crippen LogP contribution in [0, 0.1) is 0 Å². The average molecular weight is 527 g/mol. The molecule has 0 N–H and O–H groups in total. The summed E-state index contributed by atoms with van der Waals surface area (Å²) in [5, 5.41) is 0. The van der Waals surface area contributed by atoms with Crippen molar-refractivity contribution in [1.82, 2.24) is 0 Å². The predicted molar refractivity (Wildman–Crippen MR) is 156 cm³/mol. The number of carbonyl (C=O) groups excluding carboxylic acids is 1. The van der Waals surface area contributed by atoms with Crippen LogP contribution in [-0.4, -0.2) is 31.9 Å². The van der Waals surface area contributed by atoms with Gasteiger partial charge < -0.3 is 18.9 Å². The van der Waals surface area contributed by atoms with Crippen molar-refractivity contribution in [3.63, 3.8) is 0 Å². The van der Waals surface area contributed by atoms with Gasteiger partial charge in [0.2, 0.25) is 0 Å². The summed E-state index contributed by atoms with van der Waals surface area (Å²) in [7, 11) is 0. The molecule has 2 aromatic carbocycles. The Bertz CT molecular complexity index is 847. The fraction of sp³-hybridized carbons (Fsp3) is 0.606. The Morgan fingerprint density at radius 1 is 0.605 bits per heavy atom. The molecule has 0 spiro atoms. The zero-order chi connectivity index (χ0) is 27.3. The highest BCUT2D eigenvalue weighted by atomic mass is 16.5. The maximum Gasteiger partial charge on any atom is 0.343 e. The molecule has 5 nitrogen and oxygen atoms in total. The second-order valence-electron chi connectivity index (χ2n) is 10.1. The molecule has 0 saturated heterocycles. The summed E-state index contributed by atoms with van der Waals surface area (Å²) in [5.41, 5.74) is 0.498. The molecule has 212 valence electrons. The molecule has 1 atom stereocenters. The van der Waals surface area contributed by atoms with Crippen molar-refractivity contribution >= 4 is 5.97 Å². The maximum absolute atomic E-state index is 12.5. The first-order valence-electron chi connectivity index (χ1n) is 14.9. The van der Waals surface area contributed by atoms with Crippen molar-refractivity contribution in [1.29, 1.82) is 0 Å². The number of hydrogen-bond donors (Lipinski definition) is 0. The molecule has 1 unspecified atom stereocenters. The highest BCUT2D eigenvalue weighted by Crippen LogP contribution is 2.20. The summed E-state index contributed by atoms with van der Waals surface area (Å²) in [6.45, 7) is 8.87. The summed E-state index contributed by atoms with van der Waals surface area (Å²) >= 11 is 0. The van der Waals surface area contributed by atoms with E-state index in [1.807, 2.05) is 24.3 Å². The third-order valence-electron chi connectivity index (χ3n) is 6.56. The van der Waals surface area contributed by atoms with Gasteiger partial charge in [-0.3, -0.25) is 0 Å². The summed E-state index contributed by atoms with van der Waals surface area (Å²) in [4.78, 5) is 12.5. The van der Waals surface area contributed by atoms with E-state index in [1.54, 1.807) is 24.3 Å². The molecule has 2 rings (SSSR count). The molecule has 38 heavy (non-hydrogen) atoms. The number of carbonyl (C=O) groups is 1. The van der Waals surface area contributed by atoms with Crippen LogP contribution in [0.2, 0.25) is 0 Å². The Morgan fingerprint density at radius 2 is 1.08 bits per heavy atom. The van der Waals surface area contributed by atoms with E-state index in [4.69, 9.17) is 18.9 Å². The molecule has 0 heterocycles. The highest BCUT2D eigenvalue weighted by Gasteiger charge is 2.09. The molecule has 0 aliphatic heterocycles. The van der Waals surface area contributed by atoms with Gasteiger partial charge in [-0.15, -0.1) is 0 Å². The number of esters is 1. The number of rotatable bonds is 22. The van der Waals surface area contributed by atoms with Crippen LogP contribution in [0.15, 0.2) is 48.5 Å². The van der Waals surface area contributed by atoms with Crippen LogP contribution >= 0.6 is 0 Å². The van der Waals surface area contributed by atoms with Crippen molar-refractivity contribution < 1.29 is 23.7 Å². The van der Waals surface area contributed by atoms with Crippen molar-refractivity contribution in [3.8, 4) is 17.2 Å². The monoisotopic (exact) mass is 526 g/mol. The van der Waals surface area contributed by atoms with E-state index in [1.165, 1.54) is 44.9 Å². The fourth-order valence-electron chi connectivity index (χ4n) is 4.15. The molecule has 0 aromatic heterocycles. The van der Waals surface area contributed by atoms with E-state index in [0.29, 0.717) is 30.6 Å². The SMILES string of the molecule is CCCCCCCCOc1ccc(C(=O)Oc2ccc(OCCCCCC(C)OCCCCC)cc2)cc1. The molecule has 0 amide bonds. The Morgan fingerprint density at radius 3 is 1.71 bits per heavy atom. The van der Waals surface area contributed by atoms with Crippen LogP contribution in [0.4, 0.5) is 0 Å². The van der Waals surface area contributed by atoms with Crippen LogP contribution in [0.3, 0.4) is 0 Å². The van der Waals surface area contributed by atoms with Crippen LogP contribution in [-0.2, 0) is 4.74 Å². The zero-order valence-corrected chi connectivity index (χ0v) is 24.1. The van der Waals surface area contributed by atoms with Crippen LogP contribution < -0.4 is 14.2 Å². The Balaban J connectivity index is 1.58. The van der Waals surface area contributed by atoms with Gasteiger partial charge in [-0.05, 0) is 87.6 Å². The maximum atomic E-state index is 12.5. The zero-order valence-electron chi connectivity index (χ0n) is 24.1. The number of ether oxygens (including phenoxy) is 4. The lowest BCUT2D eigenvalue weighted by molar-refractivity contribution is 0.0557. The molecule has 2 aromatic rings. The van der Waals surface area contributed by atoms with Gasteiger partial charge in [-0.25, -0.2) is 4.79 Å². The third-order valence-corrected chi connectivity index (χ3v) is 6.56. The van der Waals surface area contributed by atoms with Gasteiger partial charge >= 0.3 is 5.97 Å². The van der Waals surface area contributed by atoms with Gasteiger partial charge in [0.15, 0.2) is 0 Å². The average Bonchev–Trinajstić information content (AvgIpc) is 2.93. The molecule has 0 fully saturated rings. The van der Waals surface area contributed by atoms with Crippen LogP contribution in [0.1, 0.15) is 115 Å². The van der Waals surface area contributed by atoms with E-state index >= 15 is 0 Å². The summed E-state index contributed by atoms with van der Waals surface area (Å²) < 4.78 is 23.0. The Labute approximate surface area is 231 Å². The minimum atomic E-state index is -0.385. The van der Waals surface area contributed by atoms with Gasteiger partial charge in [0, 0.05) is 6.61 Å². The molecule has 0 radical (unpaired) electrons. The van der Waals surface area contributed by atoms with Crippen LogP contribution in [0.5, 0.6) is 17.2 Å². The predicted octanol–water partition coefficient (Wildman–Crippen LogP) is 9.18. The van der Waals surface area contributed by atoms with Gasteiger partial charge in [0.05, 0.1) is 24.9 Å². The van der Waals surface area contributed by atoms with Crippen LogP contribution in [0.25, 0.3) is 0 Å². The Kier molecular flexibility index (Phi) is 17.0. The van der Waals surface area contributed by atoms with E-state index in [9.17, 15) is 4.79 Å². The van der Waals surface area contributed by atoms with Crippen molar-refractivity contribution in [3.05, 3.63) is 54.1 Å². The molecule has 0 saturated carbocycles. The van der Waals surface area contributed by atoms with Gasteiger partial charge in [-0.1, -0.05) is 65.2 Å². The lowest BCUT2D eigenvalue weighted by Gasteiger charge is -2.13.